The van der Waals surface area contributed by atoms with Gasteiger partial charge in [0, 0.05) is 23.3 Å². The van der Waals surface area contributed by atoms with Gasteiger partial charge in [0.05, 0.1) is 11.4 Å². The lowest BCUT2D eigenvalue weighted by molar-refractivity contribution is -0.116. The van der Waals surface area contributed by atoms with Crippen molar-refractivity contribution in [2.45, 2.75) is 18.4 Å². The highest BCUT2D eigenvalue weighted by Gasteiger charge is 2.27. The number of carbonyl (C=O) groups is 1. The molecule has 4 rings (SSSR count). The quantitative estimate of drug-likeness (QED) is 0.557. The standard InChI is InChI=1S/C23H21ClN2O5S/c1-16-2-4-17(5-3-16)13-26(32(28,29)20-9-6-18(24)7-10-20)14-23(27)25-19-8-11-21-22(12-19)31-15-30-21/h2-12H,13-15H2,1H3,(H,25,27). The fourth-order valence-electron chi connectivity index (χ4n) is 3.21. The summed E-state index contributed by atoms with van der Waals surface area (Å²) in [5, 5.41) is 3.15. The van der Waals surface area contributed by atoms with Crippen molar-refractivity contribution in [1.82, 2.24) is 4.31 Å². The fraction of sp³-hybridized carbons (Fsp3) is 0.174. The Hall–Kier alpha value is -3.07. The third-order valence-electron chi connectivity index (χ3n) is 4.91. The second kappa shape index (κ2) is 9.20. The molecule has 0 unspecified atom stereocenters. The van der Waals surface area contributed by atoms with Gasteiger partial charge in [0.1, 0.15) is 0 Å². The molecular formula is C23H21ClN2O5S. The molecule has 3 aromatic rings. The molecule has 9 heteroatoms. The van der Waals surface area contributed by atoms with Crippen molar-refractivity contribution in [2.24, 2.45) is 0 Å². The first-order valence-corrected chi connectivity index (χ1v) is 11.6. The summed E-state index contributed by atoms with van der Waals surface area (Å²) >= 11 is 5.91. The largest absolute Gasteiger partial charge is 0.454 e. The Balaban J connectivity index is 1.57. The second-order valence-electron chi connectivity index (χ2n) is 7.33. The van der Waals surface area contributed by atoms with Gasteiger partial charge in [-0.05, 0) is 48.9 Å². The van der Waals surface area contributed by atoms with Gasteiger partial charge in [-0.15, -0.1) is 0 Å². The minimum absolute atomic E-state index is 0.0415. The molecule has 32 heavy (non-hydrogen) atoms. The molecular weight excluding hydrogens is 452 g/mol. The number of hydrogen-bond acceptors (Lipinski definition) is 5. The highest BCUT2D eigenvalue weighted by molar-refractivity contribution is 7.89. The topological polar surface area (TPSA) is 84.9 Å². The Bertz CT molecular complexity index is 1230. The minimum Gasteiger partial charge on any atom is -0.454 e. The van der Waals surface area contributed by atoms with Crippen molar-refractivity contribution in [3.8, 4) is 11.5 Å². The predicted octanol–water partition coefficient (Wildman–Crippen LogP) is 4.21. The highest BCUT2D eigenvalue weighted by atomic mass is 35.5. The van der Waals surface area contributed by atoms with Gasteiger partial charge in [0.2, 0.25) is 22.7 Å². The zero-order valence-corrected chi connectivity index (χ0v) is 18.8. The molecule has 0 radical (unpaired) electrons. The zero-order chi connectivity index (χ0) is 22.7. The van der Waals surface area contributed by atoms with E-state index in [4.69, 9.17) is 21.1 Å². The van der Waals surface area contributed by atoms with Crippen LogP contribution in [0.4, 0.5) is 5.69 Å². The Morgan fingerprint density at radius 1 is 1.00 bits per heavy atom. The zero-order valence-electron chi connectivity index (χ0n) is 17.2. The van der Waals surface area contributed by atoms with Gasteiger partial charge in [-0.3, -0.25) is 4.79 Å². The Morgan fingerprint density at radius 3 is 2.41 bits per heavy atom. The van der Waals surface area contributed by atoms with Crippen LogP contribution in [-0.2, 0) is 21.4 Å². The SMILES string of the molecule is Cc1ccc(CN(CC(=O)Nc2ccc3c(c2)OCO3)S(=O)(=O)c2ccc(Cl)cc2)cc1. The average Bonchev–Trinajstić information content (AvgIpc) is 3.23. The minimum atomic E-state index is -3.95. The number of fused-ring (bicyclic) bond motifs is 1. The third-order valence-corrected chi connectivity index (χ3v) is 6.97. The monoisotopic (exact) mass is 472 g/mol. The van der Waals surface area contributed by atoms with Crippen LogP contribution in [-0.4, -0.2) is 32.0 Å². The molecule has 0 spiro atoms. The van der Waals surface area contributed by atoms with Crippen molar-refractivity contribution in [3.63, 3.8) is 0 Å². The fourth-order valence-corrected chi connectivity index (χ4v) is 4.72. The van der Waals surface area contributed by atoms with Crippen LogP contribution in [0.3, 0.4) is 0 Å². The van der Waals surface area contributed by atoms with E-state index in [1.807, 2.05) is 31.2 Å². The van der Waals surface area contributed by atoms with Crippen LogP contribution in [0.1, 0.15) is 11.1 Å². The van der Waals surface area contributed by atoms with E-state index in [-0.39, 0.29) is 24.8 Å². The van der Waals surface area contributed by atoms with Gasteiger partial charge in [0.15, 0.2) is 11.5 Å². The van der Waals surface area contributed by atoms with Crippen LogP contribution in [0.15, 0.2) is 71.6 Å². The van der Waals surface area contributed by atoms with E-state index in [1.54, 1.807) is 18.2 Å². The van der Waals surface area contributed by atoms with Gasteiger partial charge in [-0.1, -0.05) is 41.4 Å². The number of sulfonamides is 1. The van der Waals surface area contributed by atoms with Gasteiger partial charge in [0.25, 0.3) is 0 Å². The number of anilines is 1. The predicted molar refractivity (Wildman–Crippen MR) is 121 cm³/mol. The second-order valence-corrected chi connectivity index (χ2v) is 9.70. The molecule has 7 nitrogen and oxygen atoms in total. The van der Waals surface area contributed by atoms with E-state index in [9.17, 15) is 13.2 Å². The molecule has 1 aliphatic heterocycles. The van der Waals surface area contributed by atoms with E-state index < -0.39 is 15.9 Å². The Morgan fingerprint density at radius 2 is 1.69 bits per heavy atom. The first-order valence-electron chi connectivity index (χ1n) is 9.82. The summed E-state index contributed by atoms with van der Waals surface area (Å²) in [6.45, 7) is 1.74. The first kappa shape index (κ1) is 22.1. The number of nitrogens with zero attached hydrogens (tertiary/aromatic N) is 1. The van der Waals surface area contributed by atoms with Crippen LogP contribution in [0.2, 0.25) is 5.02 Å². The number of benzene rings is 3. The molecule has 0 saturated carbocycles. The van der Waals surface area contributed by atoms with Crippen molar-refractivity contribution in [3.05, 3.63) is 82.9 Å². The molecule has 0 bridgehead atoms. The van der Waals surface area contributed by atoms with E-state index >= 15 is 0 Å². The number of ether oxygens (including phenoxy) is 2. The molecule has 0 aliphatic carbocycles. The number of halogens is 1. The van der Waals surface area contributed by atoms with E-state index in [0.29, 0.717) is 22.2 Å². The summed E-state index contributed by atoms with van der Waals surface area (Å²) in [5.74, 6) is 0.635. The van der Waals surface area contributed by atoms with Crippen molar-refractivity contribution < 1.29 is 22.7 Å². The number of hydrogen-bond donors (Lipinski definition) is 1. The maximum absolute atomic E-state index is 13.3. The normalized spacial score (nSPS) is 12.7. The summed E-state index contributed by atoms with van der Waals surface area (Å²) < 4.78 is 38.4. The molecule has 3 aromatic carbocycles. The number of rotatable bonds is 7. The molecule has 166 valence electrons. The van der Waals surface area contributed by atoms with Gasteiger partial charge < -0.3 is 14.8 Å². The molecule has 0 saturated heterocycles. The average molecular weight is 473 g/mol. The lowest BCUT2D eigenvalue weighted by Crippen LogP contribution is -2.37. The first-order chi connectivity index (χ1) is 15.3. The maximum Gasteiger partial charge on any atom is 0.243 e. The van der Waals surface area contributed by atoms with Crippen LogP contribution < -0.4 is 14.8 Å². The molecule has 0 aromatic heterocycles. The smallest absolute Gasteiger partial charge is 0.243 e. The Kier molecular flexibility index (Phi) is 6.36. The number of amides is 1. The summed E-state index contributed by atoms with van der Waals surface area (Å²) in [6.07, 6.45) is 0. The van der Waals surface area contributed by atoms with E-state index in [0.717, 1.165) is 15.4 Å². The summed E-state index contributed by atoms with van der Waals surface area (Å²) in [4.78, 5) is 12.8. The van der Waals surface area contributed by atoms with Gasteiger partial charge >= 0.3 is 0 Å². The van der Waals surface area contributed by atoms with Crippen LogP contribution in [0.5, 0.6) is 11.5 Å². The van der Waals surface area contributed by atoms with Crippen molar-refractivity contribution >= 4 is 33.2 Å². The number of aryl methyl sites for hydroxylation is 1. The van der Waals surface area contributed by atoms with E-state index in [2.05, 4.69) is 5.32 Å². The molecule has 1 aliphatic rings. The van der Waals surface area contributed by atoms with Gasteiger partial charge in [-0.2, -0.15) is 4.31 Å². The number of carbonyl (C=O) groups excluding carboxylic acids is 1. The Labute approximate surface area is 191 Å². The molecule has 1 N–H and O–H groups in total. The lowest BCUT2D eigenvalue weighted by Gasteiger charge is -2.22. The van der Waals surface area contributed by atoms with Gasteiger partial charge in [-0.25, -0.2) is 8.42 Å². The van der Waals surface area contributed by atoms with Crippen LogP contribution in [0.25, 0.3) is 0 Å². The maximum atomic E-state index is 13.3. The molecule has 1 amide bonds. The third kappa shape index (κ3) is 5.04. The molecule has 0 atom stereocenters. The number of nitrogens with one attached hydrogen (secondary N) is 1. The lowest BCUT2D eigenvalue weighted by atomic mass is 10.1. The van der Waals surface area contributed by atoms with Crippen LogP contribution >= 0.6 is 11.6 Å². The van der Waals surface area contributed by atoms with Crippen LogP contribution in [0, 0.1) is 6.92 Å². The van der Waals surface area contributed by atoms with Crippen molar-refractivity contribution in [2.75, 3.05) is 18.7 Å². The van der Waals surface area contributed by atoms with E-state index in [1.165, 1.54) is 24.3 Å². The molecule has 0 fully saturated rings. The summed E-state index contributed by atoms with van der Waals surface area (Å²) in [6, 6.07) is 18.3. The summed E-state index contributed by atoms with van der Waals surface area (Å²) in [5.41, 5.74) is 2.31. The summed E-state index contributed by atoms with van der Waals surface area (Å²) in [7, 11) is -3.95. The highest BCUT2D eigenvalue weighted by Crippen LogP contribution is 2.34. The van der Waals surface area contributed by atoms with Crippen molar-refractivity contribution in [1.29, 1.82) is 0 Å². The molecule has 1 heterocycles.